The highest BCUT2D eigenvalue weighted by Gasteiger charge is 2.02. The van der Waals surface area contributed by atoms with E-state index >= 15 is 0 Å². The molecule has 0 fully saturated rings. The second-order valence-electron chi connectivity index (χ2n) is 4.46. The number of rotatable bonds is 5. The van der Waals surface area contributed by atoms with Gasteiger partial charge in [0.1, 0.15) is 5.75 Å². The van der Waals surface area contributed by atoms with Crippen molar-refractivity contribution >= 4 is 28.9 Å². The van der Waals surface area contributed by atoms with E-state index in [0.717, 1.165) is 17.9 Å². The first-order valence-electron chi connectivity index (χ1n) is 6.60. The van der Waals surface area contributed by atoms with Crippen LogP contribution in [0.2, 0.25) is 0 Å². The topological polar surface area (TPSA) is 125 Å². The number of hydrogen-bond acceptors (Lipinski definition) is 4. The zero-order valence-electron chi connectivity index (χ0n) is 12.2. The molecule has 6 N–H and O–H groups in total. The lowest BCUT2D eigenvalue weighted by Crippen LogP contribution is -2.26. The lowest BCUT2D eigenvalue weighted by atomic mass is 10.3. The summed E-state index contributed by atoms with van der Waals surface area (Å²) in [5.41, 5.74) is 19.6. The molecule has 1 heterocycles. The van der Waals surface area contributed by atoms with Crippen molar-refractivity contribution < 1.29 is 4.74 Å². The van der Waals surface area contributed by atoms with E-state index < -0.39 is 0 Å². The van der Waals surface area contributed by atoms with Gasteiger partial charge in [-0.1, -0.05) is 0 Å². The SMILES string of the molecule is Cc1ncsc1CCOc1ccc(N=C(N)N=C(N)N)cc1. The van der Waals surface area contributed by atoms with Gasteiger partial charge in [-0.15, -0.1) is 11.3 Å². The average Bonchev–Trinajstić information content (AvgIpc) is 2.85. The van der Waals surface area contributed by atoms with Crippen molar-refractivity contribution in [2.75, 3.05) is 6.61 Å². The van der Waals surface area contributed by atoms with Crippen LogP contribution in [0.3, 0.4) is 0 Å². The number of guanidine groups is 2. The first-order valence-corrected chi connectivity index (χ1v) is 7.48. The third-order valence-corrected chi connectivity index (χ3v) is 3.76. The number of aromatic nitrogens is 1. The zero-order chi connectivity index (χ0) is 15.9. The number of aliphatic imine (C=N–C) groups is 2. The van der Waals surface area contributed by atoms with Crippen LogP contribution in [0.4, 0.5) is 5.69 Å². The summed E-state index contributed by atoms with van der Waals surface area (Å²) < 4.78 is 5.69. The third-order valence-electron chi connectivity index (χ3n) is 2.77. The average molecular weight is 318 g/mol. The third kappa shape index (κ3) is 4.74. The Morgan fingerprint density at radius 2 is 1.95 bits per heavy atom. The van der Waals surface area contributed by atoms with Crippen molar-refractivity contribution in [1.82, 2.24) is 4.98 Å². The summed E-state index contributed by atoms with van der Waals surface area (Å²) in [7, 11) is 0. The maximum absolute atomic E-state index is 5.69. The summed E-state index contributed by atoms with van der Waals surface area (Å²) in [5, 5.41) is 0. The van der Waals surface area contributed by atoms with Gasteiger partial charge in [0, 0.05) is 11.3 Å². The van der Waals surface area contributed by atoms with Crippen molar-refractivity contribution in [3.05, 3.63) is 40.3 Å². The molecule has 0 aliphatic rings. The number of ether oxygens (including phenoxy) is 1. The van der Waals surface area contributed by atoms with Gasteiger partial charge >= 0.3 is 0 Å². The summed E-state index contributed by atoms with van der Waals surface area (Å²) in [6, 6.07) is 7.20. The molecule has 2 aromatic rings. The summed E-state index contributed by atoms with van der Waals surface area (Å²) in [6.07, 6.45) is 0.841. The summed E-state index contributed by atoms with van der Waals surface area (Å²) in [4.78, 5) is 13.2. The molecule has 1 aromatic heterocycles. The molecule has 0 aliphatic carbocycles. The van der Waals surface area contributed by atoms with Crippen LogP contribution in [0.15, 0.2) is 39.8 Å². The first-order chi connectivity index (χ1) is 10.5. The van der Waals surface area contributed by atoms with E-state index in [-0.39, 0.29) is 11.9 Å². The molecule has 0 aliphatic heterocycles. The van der Waals surface area contributed by atoms with E-state index in [1.54, 1.807) is 23.5 Å². The zero-order valence-corrected chi connectivity index (χ0v) is 13.0. The summed E-state index contributed by atoms with van der Waals surface area (Å²) in [5.74, 6) is 0.649. The van der Waals surface area contributed by atoms with Gasteiger partial charge in [0.15, 0.2) is 5.96 Å². The van der Waals surface area contributed by atoms with Crippen LogP contribution >= 0.6 is 11.3 Å². The molecule has 116 valence electrons. The van der Waals surface area contributed by atoms with E-state index in [1.807, 2.05) is 24.6 Å². The van der Waals surface area contributed by atoms with Gasteiger partial charge in [-0.2, -0.15) is 4.99 Å². The molecule has 7 nitrogen and oxygen atoms in total. The van der Waals surface area contributed by atoms with Gasteiger partial charge in [-0.3, -0.25) is 0 Å². The van der Waals surface area contributed by atoms with Gasteiger partial charge < -0.3 is 21.9 Å². The lowest BCUT2D eigenvalue weighted by molar-refractivity contribution is 0.322. The van der Waals surface area contributed by atoms with Crippen LogP contribution in [0, 0.1) is 6.92 Å². The molecular weight excluding hydrogens is 300 g/mol. The quantitative estimate of drug-likeness (QED) is 0.566. The van der Waals surface area contributed by atoms with Crippen molar-refractivity contribution in [2.24, 2.45) is 27.2 Å². The van der Waals surface area contributed by atoms with Gasteiger partial charge in [-0.05, 0) is 31.2 Å². The highest BCUT2D eigenvalue weighted by molar-refractivity contribution is 7.09. The Morgan fingerprint density at radius 1 is 1.23 bits per heavy atom. The van der Waals surface area contributed by atoms with Crippen LogP contribution in [0.25, 0.3) is 0 Å². The van der Waals surface area contributed by atoms with E-state index in [2.05, 4.69) is 15.0 Å². The highest BCUT2D eigenvalue weighted by Crippen LogP contribution is 2.19. The van der Waals surface area contributed by atoms with Crippen molar-refractivity contribution in [3.8, 4) is 5.75 Å². The molecule has 0 amide bonds. The fourth-order valence-corrected chi connectivity index (χ4v) is 2.50. The highest BCUT2D eigenvalue weighted by atomic mass is 32.1. The van der Waals surface area contributed by atoms with Crippen LogP contribution in [-0.4, -0.2) is 23.5 Å². The Labute approximate surface area is 132 Å². The Morgan fingerprint density at radius 3 is 2.55 bits per heavy atom. The number of aryl methyl sites for hydroxylation is 1. The molecule has 0 bridgehead atoms. The Bertz CT molecular complexity index is 673. The fraction of sp³-hybridized carbons (Fsp3) is 0.214. The number of thiazole rings is 1. The lowest BCUT2D eigenvalue weighted by Gasteiger charge is -2.05. The van der Waals surface area contributed by atoms with E-state index in [0.29, 0.717) is 12.3 Å². The van der Waals surface area contributed by atoms with E-state index in [1.165, 1.54) is 4.88 Å². The maximum atomic E-state index is 5.69. The minimum atomic E-state index is -0.125. The fourth-order valence-electron chi connectivity index (χ4n) is 1.73. The van der Waals surface area contributed by atoms with Crippen LogP contribution in [-0.2, 0) is 6.42 Å². The van der Waals surface area contributed by atoms with Gasteiger partial charge in [-0.25, -0.2) is 9.98 Å². The number of hydrogen-bond donors (Lipinski definition) is 3. The normalized spacial score (nSPS) is 11.2. The Kier molecular flexibility index (Phi) is 5.31. The molecule has 0 spiro atoms. The molecule has 8 heteroatoms. The van der Waals surface area contributed by atoms with E-state index in [4.69, 9.17) is 21.9 Å². The Hall–Kier alpha value is -2.61. The first kappa shape index (κ1) is 15.8. The minimum absolute atomic E-state index is 0.00865. The Balaban J connectivity index is 1.89. The second-order valence-corrected chi connectivity index (χ2v) is 5.40. The van der Waals surface area contributed by atoms with E-state index in [9.17, 15) is 0 Å². The smallest absolute Gasteiger partial charge is 0.223 e. The largest absolute Gasteiger partial charge is 0.493 e. The second kappa shape index (κ2) is 7.41. The van der Waals surface area contributed by atoms with Crippen LogP contribution in [0.1, 0.15) is 10.6 Å². The van der Waals surface area contributed by atoms with Gasteiger partial charge in [0.25, 0.3) is 0 Å². The molecule has 22 heavy (non-hydrogen) atoms. The van der Waals surface area contributed by atoms with Crippen LogP contribution < -0.4 is 21.9 Å². The molecular formula is C14H18N6OS. The predicted molar refractivity (Wildman–Crippen MR) is 89.6 cm³/mol. The van der Waals surface area contributed by atoms with Gasteiger partial charge in [0.05, 0.1) is 23.5 Å². The number of benzene rings is 1. The minimum Gasteiger partial charge on any atom is -0.493 e. The number of nitrogens with two attached hydrogens (primary N) is 3. The molecule has 0 saturated carbocycles. The molecule has 0 radical (unpaired) electrons. The maximum Gasteiger partial charge on any atom is 0.223 e. The molecule has 0 unspecified atom stereocenters. The molecule has 0 atom stereocenters. The molecule has 1 aromatic carbocycles. The monoisotopic (exact) mass is 318 g/mol. The summed E-state index contributed by atoms with van der Waals surface area (Å²) >= 11 is 1.64. The molecule has 2 rings (SSSR count). The number of nitrogens with zero attached hydrogens (tertiary/aromatic N) is 3. The molecule has 0 saturated heterocycles. The van der Waals surface area contributed by atoms with Crippen molar-refractivity contribution in [3.63, 3.8) is 0 Å². The predicted octanol–water partition coefficient (Wildman–Crippen LogP) is 1.29. The summed E-state index contributed by atoms with van der Waals surface area (Å²) in [6.45, 7) is 2.60. The van der Waals surface area contributed by atoms with Crippen molar-refractivity contribution in [1.29, 1.82) is 0 Å². The van der Waals surface area contributed by atoms with Crippen LogP contribution in [0.5, 0.6) is 5.75 Å². The van der Waals surface area contributed by atoms with Gasteiger partial charge in [0.2, 0.25) is 5.96 Å². The standard InChI is InChI=1S/C14H18N6OS/c1-9-12(22-8-18-9)6-7-21-11-4-2-10(3-5-11)19-14(17)20-13(15)16/h2-5,8H,6-7H2,1H3,(H6,15,16,17,19,20). The van der Waals surface area contributed by atoms with Crippen molar-refractivity contribution in [2.45, 2.75) is 13.3 Å².